The van der Waals surface area contributed by atoms with Crippen LogP contribution >= 0.6 is 0 Å². The zero-order valence-corrected chi connectivity index (χ0v) is 19.2. The van der Waals surface area contributed by atoms with Crippen LogP contribution in [-0.2, 0) is 5.54 Å². The second-order valence-corrected chi connectivity index (χ2v) is 7.44. The van der Waals surface area contributed by atoms with Crippen molar-refractivity contribution in [1.82, 2.24) is 20.2 Å². The van der Waals surface area contributed by atoms with E-state index in [4.69, 9.17) is 0 Å². The van der Waals surface area contributed by atoms with Gasteiger partial charge in [-0.3, -0.25) is 0 Å². The molecule has 5 nitrogen and oxygen atoms in total. The van der Waals surface area contributed by atoms with Crippen molar-refractivity contribution in [2.45, 2.75) is 59.2 Å². The van der Waals surface area contributed by atoms with Crippen LogP contribution in [-0.4, -0.2) is 55.3 Å². The third kappa shape index (κ3) is 7.00. The fourth-order valence-corrected chi connectivity index (χ4v) is 2.65. The van der Waals surface area contributed by atoms with Crippen LogP contribution in [0.5, 0.6) is 0 Å². The van der Waals surface area contributed by atoms with Crippen LogP contribution in [0.15, 0.2) is 54.6 Å². The molecule has 0 spiro atoms. The first-order valence-electron chi connectivity index (χ1n) is 9.33. The quantitative estimate of drug-likeness (QED) is 0.470. The Hall–Kier alpha value is -1.76. The van der Waals surface area contributed by atoms with E-state index in [0.29, 0.717) is 17.9 Å². The molecule has 0 fully saturated rings. The fraction of sp³-hybridized carbons (Fsp3) is 0.409. The standard InChI is InChI=1S/C16H15N4.C6H14N.Mg/c1-16(2,14-11-7-4-8-12-14)20-18-15(17-19-20)13-9-5-3-6-10-13;1-5(2)7-6(3)4;/h3-9,11-12H,1-2H3;5-6H,1-4H3;/q2*-1;+2. The molecule has 3 aromatic rings. The summed E-state index contributed by atoms with van der Waals surface area (Å²) in [5, 5.41) is 17.1. The minimum absolute atomic E-state index is 0. The average Bonchev–Trinajstić information content (AvgIpc) is 3.14. The van der Waals surface area contributed by atoms with Gasteiger partial charge in [-0.2, -0.15) is 15.0 Å². The Labute approximate surface area is 185 Å². The normalized spacial score (nSPS) is 11.0. The summed E-state index contributed by atoms with van der Waals surface area (Å²) >= 11 is 0. The van der Waals surface area contributed by atoms with Gasteiger partial charge in [0.1, 0.15) is 11.4 Å². The summed E-state index contributed by atoms with van der Waals surface area (Å²) in [7, 11) is 0. The summed E-state index contributed by atoms with van der Waals surface area (Å²) in [6.07, 6.45) is 0. The fourth-order valence-electron chi connectivity index (χ4n) is 2.65. The zero-order valence-electron chi connectivity index (χ0n) is 17.8. The topological polar surface area (TPSA) is 57.7 Å². The van der Waals surface area contributed by atoms with E-state index < -0.39 is 0 Å². The molecule has 1 aromatic heterocycles. The van der Waals surface area contributed by atoms with Gasteiger partial charge >= 0.3 is 23.1 Å². The number of hydrogen-bond acceptors (Lipinski definition) is 3. The van der Waals surface area contributed by atoms with Gasteiger partial charge in [-0.15, -0.1) is 48.0 Å². The van der Waals surface area contributed by atoms with Gasteiger partial charge in [-0.05, 0) is 19.4 Å². The molecule has 144 valence electrons. The number of tetrazole rings is 1. The molecule has 0 aliphatic rings. The number of aromatic nitrogens is 4. The van der Waals surface area contributed by atoms with Crippen molar-refractivity contribution in [2.24, 2.45) is 0 Å². The molecule has 0 aliphatic carbocycles. The summed E-state index contributed by atoms with van der Waals surface area (Å²) in [5.41, 5.74) is 1.64. The Morgan fingerprint density at radius 2 is 1.54 bits per heavy atom. The number of hydrogen-bond donors (Lipinski definition) is 0. The van der Waals surface area contributed by atoms with Crippen LogP contribution in [0.25, 0.3) is 16.7 Å². The molecule has 0 radical (unpaired) electrons. The minimum atomic E-state index is -0.346. The van der Waals surface area contributed by atoms with Gasteiger partial charge in [0.25, 0.3) is 0 Å². The Morgan fingerprint density at radius 3 is 2.04 bits per heavy atom. The third-order valence-electron chi connectivity index (χ3n) is 3.94. The van der Waals surface area contributed by atoms with Gasteiger partial charge in [-0.25, -0.2) is 0 Å². The van der Waals surface area contributed by atoms with Crippen molar-refractivity contribution in [2.75, 3.05) is 0 Å². The average molecular weight is 388 g/mol. The summed E-state index contributed by atoms with van der Waals surface area (Å²) in [6, 6.07) is 21.9. The molecule has 0 saturated heterocycles. The molecule has 0 bridgehead atoms. The van der Waals surface area contributed by atoms with E-state index in [2.05, 4.69) is 80.5 Å². The smallest absolute Gasteiger partial charge is 0.658 e. The first-order chi connectivity index (χ1) is 12.8. The molecule has 2 aromatic carbocycles. The Kier molecular flexibility index (Phi) is 9.79. The van der Waals surface area contributed by atoms with Gasteiger partial charge in [0, 0.05) is 0 Å². The second-order valence-electron chi connectivity index (χ2n) is 7.44. The van der Waals surface area contributed by atoms with Crippen LogP contribution in [0.1, 0.15) is 47.1 Å². The van der Waals surface area contributed by atoms with Crippen molar-refractivity contribution in [3.8, 4) is 11.4 Å². The predicted octanol–water partition coefficient (Wildman–Crippen LogP) is 4.72. The number of rotatable bonds is 5. The molecule has 1 heterocycles. The molecular weight excluding hydrogens is 359 g/mol. The summed E-state index contributed by atoms with van der Waals surface area (Å²) in [4.78, 5) is 1.65. The van der Waals surface area contributed by atoms with Crippen molar-refractivity contribution in [3.05, 3.63) is 71.5 Å². The maximum atomic E-state index is 4.49. The SMILES string of the molecule is CC(C)(c1ccccc1)n1nnc(-c2[c-]cccc2)n1.CC(C)[N-]C(C)C.[Mg+2]. The second kappa shape index (κ2) is 11.3. The predicted molar refractivity (Wildman–Crippen MR) is 116 cm³/mol. The summed E-state index contributed by atoms with van der Waals surface area (Å²) in [6.45, 7) is 12.5. The molecular formula is C22H29MgN5. The monoisotopic (exact) mass is 387 g/mol. The molecule has 28 heavy (non-hydrogen) atoms. The van der Waals surface area contributed by atoms with Crippen LogP contribution < -0.4 is 0 Å². The molecule has 6 heteroatoms. The van der Waals surface area contributed by atoms with Crippen molar-refractivity contribution in [3.63, 3.8) is 0 Å². The summed E-state index contributed by atoms with van der Waals surface area (Å²) < 4.78 is 0. The molecule has 0 atom stereocenters. The van der Waals surface area contributed by atoms with E-state index in [9.17, 15) is 0 Å². The van der Waals surface area contributed by atoms with E-state index in [1.807, 2.05) is 42.5 Å². The van der Waals surface area contributed by atoms with E-state index in [0.717, 1.165) is 11.1 Å². The van der Waals surface area contributed by atoms with Gasteiger partial charge in [0.05, 0.1) is 0 Å². The van der Waals surface area contributed by atoms with Crippen LogP contribution in [0.2, 0.25) is 0 Å². The van der Waals surface area contributed by atoms with Crippen LogP contribution in [0.3, 0.4) is 0 Å². The number of nitrogens with zero attached hydrogens (tertiary/aromatic N) is 5. The minimum Gasteiger partial charge on any atom is -0.658 e. The van der Waals surface area contributed by atoms with Crippen molar-refractivity contribution < 1.29 is 0 Å². The van der Waals surface area contributed by atoms with Gasteiger partial charge in [0.2, 0.25) is 0 Å². The third-order valence-corrected chi connectivity index (χ3v) is 3.94. The van der Waals surface area contributed by atoms with Crippen molar-refractivity contribution >= 4 is 23.1 Å². The zero-order chi connectivity index (χ0) is 19.9. The molecule has 3 rings (SSSR count). The van der Waals surface area contributed by atoms with Gasteiger partial charge in [0.15, 0.2) is 0 Å². The first-order valence-corrected chi connectivity index (χ1v) is 9.33. The maximum absolute atomic E-state index is 4.49. The molecule has 0 aliphatic heterocycles. The van der Waals surface area contributed by atoms with E-state index >= 15 is 0 Å². The molecule has 0 amide bonds. The Morgan fingerprint density at radius 1 is 0.929 bits per heavy atom. The van der Waals surface area contributed by atoms with E-state index in [-0.39, 0.29) is 28.6 Å². The van der Waals surface area contributed by atoms with E-state index in [1.54, 1.807) is 4.80 Å². The van der Waals surface area contributed by atoms with Crippen molar-refractivity contribution in [1.29, 1.82) is 0 Å². The van der Waals surface area contributed by atoms with Gasteiger partial charge < -0.3 is 5.32 Å². The first kappa shape index (κ1) is 24.3. The number of benzene rings is 2. The largest absolute Gasteiger partial charge is 2.00 e. The molecule has 0 N–H and O–H groups in total. The van der Waals surface area contributed by atoms with Crippen LogP contribution in [0.4, 0.5) is 0 Å². The maximum Gasteiger partial charge on any atom is 2.00 e. The Balaban J connectivity index is 0.000000425. The molecule has 0 unspecified atom stereocenters. The van der Waals surface area contributed by atoms with Gasteiger partial charge in [-0.1, -0.05) is 63.2 Å². The molecule has 0 saturated carbocycles. The van der Waals surface area contributed by atoms with Crippen LogP contribution in [0, 0.1) is 6.07 Å². The Bertz CT molecular complexity index is 792. The van der Waals surface area contributed by atoms with E-state index in [1.165, 1.54) is 0 Å². The summed E-state index contributed by atoms with van der Waals surface area (Å²) in [5.74, 6) is 0.592.